The minimum Gasteiger partial charge on any atom is -0.481 e. The third-order valence-electron chi connectivity index (χ3n) is 2.86. The van der Waals surface area contributed by atoms with Gasteiger partial charge in [0.05, 0.1) is 11.2 Å². The van der Waals surface area contributed by atoms with Crippen molar-refractivity contribution in [2.45, 2.75) is 13.0 Å². The standard InChI is InChI=1S/C16H13Cl2FN2O2/c1-10(23-12-7-5-11(17)6-8-12)16(22)21-20-9-13-14(18)3-2-4-15(13)19/h2-10H,1H3,(H,21,22)/b20-9+. The van der Waals surface area contributed by atoms with E-state index in [1.54, 1.807) is 31.2 Å². The highest BCUT2D eigenvalue weighted by Gasteiger charge is 2.14. The number of ether oxygens (including phenoxy) is 1. The van der Waals surface area contributed by atoms with Gasteiger partial charge in [-0.3, -0.25) is 4.79 Å². The molecule has 1 amide bonds. The molecule has 23 heavy (non-hydrogen) atoms. The van der Waals surface area contributed by atoms with Crippen molar-refractivity contribution in [2.75, 3.05) is 0 Å². The van der Waals surface area contributed by atoms with Crippen molar-refractivity contribution in [3.8, 4) is 5.75 Å². The molecule has 0 bridgehead atoms. The number of hydrazone groups is 1. The number of rotatable bonds is 5. The molecule has 0 saturated heterocycles. The molecule has 1 unspecified atom stereocenters. The summed E-state index contributed by atoms with van der Waals surface area (Å²) in [5, 5.41) is 4.46. The molecule has 1 N–H and O–H groups in total. The Morgan fingerprint density at radius 3 is 2.61 bits per heavy atom. The van der Waals surface area contributed by atoms with Gasteiger partial charge < -0.3 is 4.74 Å². The smallest absolute Gasteiger partial charge is 0.280 e. The van der Waals surface area contributed by atoms with Gasteiger partial charge in [0, 0.05) is 10.6 Å². The number of hydrogen-bond acceptors (Lipinski definition) is 3. The van der Waals surface area contributed by atoms with Gasteiger partial charge in [-0.2, -0.15) is 5.10 Å². The maximum absolute atomic E-state index is 13.5. The van der Waals surface area contributed by atoms with Crippen LogP contribution in [0.3, 0.4) is 0 Å². The Hall–Kier alpha value is -2.11. The van der Waals surface area contributed by atoms with E-state index in [-0.39, 0.29) is 10.6 Å². The Morgan fingerprint density at radius 2 is 1.96 bits per heavy atom. The van der Waals surface area contributed by atoms with E-state index in [4.69, 9.17) is 27.9 Å². The van der Waals surface area contributed by atoms with E-state index in [0.717, 1.165) is 6.21 Å². The van der Waals surface area contributed by atoms with Gasteiger partial charge in [-0.15, -0.1) is 0 Å². The first-order valence-electron chi connectivity index (χ1n) is 6.66. The number of hydrogen-bond donors (Lipinski definition) is 1. The molecule has 0 aliphatic heterocycles. The minimum atomic E-state index is -0.788. The van der Waals surface area contributed by atoms with Gasteiger partial charge in [-0.25, -0.2) is 9.82 Å². The summed E-state index contributed by atoms with van der Waals surface area (Å²) in [5.74, 6) is -0.511. The second-order valence-corrected chi connectivity index (χ2v) is 5.43. The van der Waals surface area contributed by atoms with Gasteiger partial charge in [-0.05, 0) is 43.3 Å². The first-order chi connectivity index (χ1) is 11.0. The zero-order chi connectivity index (χ0) is 16.8. The predicted molar refractivity (Wildman–Crippen MR) is 88.7 cm³/mol. The lowest BCUT2D eigenvalue weighted by Crippen LogP contribution is -2.33. The molecule has 2 aromatic rings. The van der Waals surface area contributed by atoms with Crippen LogP contribution in [0, 0.1) is 5.82 Å². The molecule has 0 radical (unpaired) electrons. The van der Waals surface area contributed by atoms with Gasteiger partial charge in [0.25, 0.3) is 5.91 Å². The summed E-state index contributed by atoms with van der Waals surface area (Å²) < 4.78 is 19.0. The van der Waals surface area contributed by atoms with Gasteiger partial charge >= 0.3 is 0 Å². The summed E-state index contributed by atoms with van der Waals surface area (Å²) in [6.07, 6.45) is 0.356. The van der Waals surface area contributed by atoms with Crippen molar-refractivity contribution in [1.29, 1.82) is 0 Å². The third kappa shape index (κ3) is 4.94. The summed E-state index contributed by atoms with van der Waals surface area (Å²) in [6, 6.07) is 10.9. The fourth-order valence-electron chi connectivity index (χ4n) is 1.66. The molecule has 0 aromatic heterocycles. The number of carbonyl (C=O) groups is 1. The summed E-state index contributed by atoms with van der Waals surface area (Å²) in [4.78, 5) is 11.9. The first kappa shape index (κ1) is 17.2. The summed E-state index contributed by atoms with van der Waals surface area (Å²) >= 11 is 11.6. The Balaban J connectivity index is 1.93. The monoisotopic (exact) mass is 354 g/mol. The number of amides is 1. The fraction of sp³-hybridized carbons (Fsp3) is 0.125. The molecular formula is C16H13Cl2FN2O2. The number of nitrogens with zero attached hydrogens (tertiary/aromatic N) is 1. The molecule has 0 aliphatic rings. The molecule has 2 rings (SSSR count). The van der Waals surface area contributed by atoms with Gasteiger partial charge in [-0.1, -0.05) is 29.3 Å². The highest BCUT2D eigenvalue weighted by atomic mass is 35.5. The highest BCUT2D eigenvalue weighted by Crippen LogP contribution is 2.17. The molecule has 0 aliphatic carbocycles. The molecule has 7 heteroatoms. The van der Waals surface area contributed by atoms with Crippen LogP contribution >= 0.6 is 23.2 Å². The average molecular weight is 355 g/mol. The van der Waals surface area contributed by atoms with Crippen LogP contribution in [-0.4, -0.2) is 18.2 Å². The van der Waals surface area contributed by atoms with Gasteiger partial charge in [0.1, 0.15) is 11.6 Å². The van der Waals surface area contributed by atoms with Crippen molar-refractivity contribution >= 4 is 35.3 Å². The lowest BCUT2D eigenvalue weighted by Gasteiger charge is -2.12. The van der Waals surface area contributed by atoms with Crippen molar-refractivity contribution in [1.82, 2.24) is 5.43 Å². The van der Waals surface area contributed by atoms with Crippen LogP contribution in [0.4, 0.5) is 4.39 Å². The minimum absolute atomic E-state index is 0.0979. The van der Waals surface area contributed by atoms with Crippen LogP contribution in [0.2, 0.25) is 10.0 Å². The highest BCUT2D eigenvalue weighted by molar-refractivity contribution is 6.33. The van der Waals surface area contributed by atoms with Gasteiger partial charge in [0.2, 0.25) is 0 Å². The van der Waals surface area contributed by atoms with E-state index in [1.807, 2.05) is 0 Å². The van der Waals surface area contributed by atoms with Crippen molar-refractivity contribution in [2.24, 2.45) is 5.10 Å². The summed E-state index contributed by atoms with van der Waals surface area (Å²) in [6.45, 7) is 1.57. The number of nitrogens with one attached hydrogen (secondary N) is 1. The van der Waals surface area contributed by atoms with E-state index in [0.29, 0.717) is 10.8 Å². The fourth-order valence-corrected chi connectivity index (χ4v) is 1.99. The van der Waals surface area contributed by atoms with Gasteiger partial charge in [0.15, 0.2) is 6.10 Å². The molecule has 2 aromatic carbocycles. The Bertz CT molecular complexity index is 700. The van der Waals surface area contributed by atoms with Crippen molar-refractivity contribution in [3.05, 3.63) is 63.9 Å². The van der Waals surface area contributed by atoms with Crippen LogP contribution in [0.5, 0.6) is 5.75 Å². The Kier molecular flexibility index (Phi) is 5.96. The van der Waals surface area contributed by atoms with E-state index >= 15 is 0 Å². The SMILES string of the molecule is CC(Oc1ccc(Cl)cc1)C(=O)N/N=C/c1c(F)cccc1Cl. The lowest BCUT2D eigenvalue weighted by molar-refractivity contribution is -0.127. The summed E-state index contributed by atoms with van der Waals surface area (Å²) in [5.41, 5.74) is 2.37. The second kappa shape index (κ2) is 7.94. The molecule has 1 atom stereocenters. The van der Waals surface area contributed by atoms with Crippen molar-refractivity contribution in [3.63, 3.8) is 0 Å². The normalized spacial score (nSPS) is 12.2. The average Bonchev–Trinajstić information content (AvgIpc) is 2.52. The van der Waals surface area contributed by atoms with Crippen molar-refractivity contribution < 1.29 is 13.9 Å². The maximum atomic E-state index is 13.5. The number of halogens is 3. The van der Waals surface area contributed by atoms with Crippen LogP contribution in [0.1, 0.15) is 12.5 Å². The molecule has 0 fully saturated rings. The molecular weight excluding hydrogens is 342 g/mol. The van der Waals surface area contributed by atoms with E-state index < -0.39 is 17.8 Å². The third-order valence-corrected chi connectivity index (χ3v) is 3.45. The largest absolute Gasteiger partial charge is 0.481 e. The van der Waals surface area contributed by atoms with Crippen LogP contribution in [-0.2, 0) is 4.79 Å². The molecule has 0 heterocycles. The van der Waals surface area contributed by atoms with E-state index in [9.17, 15) is 9.18 Å². The van der Waals surface area contributed by atoms with E-state index in [1.165, 1.54) is 18.2 Å². The molecule has 120 valence electrons. The first-order valence-corrected chi connectivity index (χ1v) is 7.42. The number of benzene rings is 2. The number of carbonyl (C=O) groups excluding carboxylic acids is 1. The lowest BCUT2D eigenvalue weighted by atomic mass is 10.2. The Labute approximate surface area is 142 Å². The van der Waals surface area contributed by atoms with Crippen LogP contribution in [0.15, 0.2) is 47.6 Å². The topological polar surface area (TPSA) is 50.7 Å². The predicted octanol–water partition coefficient (Wildman–Crippen LogP) is 4.05. The zero-order valence-electron chi connectivity index (χ0n) is 12.1. The molecule has 4 nitrogen and oxygen atoms in total. The summed E-state index contributed by atoms with van der Waals surface area (Å²) in [7, 11) is 0. The maximum Gasteiger partial charge on any atom is 0.280 e. The van der Waals surface area contributed by atoms with Crippen LogP contribution < -0.4 is 10.2 Å². The zero-order valence-corrected chi connectivity index (χ0v) is 13.6. The quantitative estimate of drug-likeness (QED) is 0.650. The van der Waals surface area contributed by atoms with E-state index in [2.05, 4.69) is 10.5 Å². The molecule has 0 spiro atoms. The second-order valence-electron chi connectivity index (χ2n) is 4.58. The van der Waals surface area contributed by atoms with Crippen LogP contribution in [0.25, 0.3) is 0 Å². The Morgan fingerprint density at radius 1 is 1.26 bits per heavy atom. The molecule has 0 saturated carbocycles.